The maximum Gasteiger partial charge on any atom is 0.0252 e. The molecule has 3 nitrogen and oxygen atoms in total. The molecule has 0 spiro atoms. The molecule has 0 aromatic carbocycles. The molecule has 0 aliphatic heterocycles. The second kappa shape index (κ2) is 9.81. The molecule has 1 N–H and O–H groups in total. The maximum atomic E-state index is 3.83. The zero-order valence-corrected chi connectivity index (χ0v) is 15.4. The summed E-state index contributed by atoms with van der Waals surface area (Å²) in [5, 5.41) is 3.83. The molecule has 3 atom stereocenters. The van der Waals surface area contributed by atoms with Gasteiger partial charge in [0.25, 0.3) is 0 Å². The molecule has 1 rings (SSSR count). The summed E-state index contributed by atoms with van der Waals surface area (Å²) in [6.45, 7) is 14.2. The largest absolute Gasteiger partial charge is 0.312 e. The third kappa shape index (κ3) is 7.12. The Hall–Kier alpha value is -0.120. The van der Waals surface area contributed by atoms with Gasteiger partial charge in [-0.1, -0.05) is 27.7 Å². The van der Waals surface area contributed by atoms with E-state index >= 15 is 0 Å². The Morgan fingerprint density at radius 3 is 2.43 bits per heavy atom. The topological polar surface area (TPSA) is 18.5 Å². The van der Waals surface area contributed by atoms with Crippen molar-refractivity contribution < 1.29 is 0 Å². The van der Waals surface area contributed by atoms with Gasteiger partial charge in [-0.2, -0.15) is 0 Å². The second-order valence-electron chi connectivity index (χ2n) is 7.74. The Bertz CT molecular complexity index is 263. The van der Waals surface area contributed by atoms with Crippen molar-refractivity contribution in [2.24, 2.45) is 11.8 Å². The van der Waals surface area contributed by atoms with E-state index in [1.165, 1.54) is 45.3 Å². The lowest BCUT2D eigenvalue weighted by Crippen LogP contribution is -2.55. The summed E-state index contributed by atoms with van der Waals surface area (Å²) in [5.74, 6) is 1.62. The van der Waals surface area contributed by atoms with Crippen molar-refractivity contribution in [3.8, 4) is 0 Å². The van der Waals surface area contributed by atoms with Gasteiger partial charge < -0.3 is 10.2 Å². The van der Waals surface area contributed by atoms with Crippen molar-refractivity contribution in [2.75, 3.05) is 40.3 Å². The fourth-order valence-corrected chi connectivity index (χ4v) is 3.51. The molecule has 0 bridgehead atoms. The summed E-state index contributed by atoms with van der Waals surface area (Å²) < 4.78 is 0. The number of likely N-dealkylation sites (N-methyl/N-ethyl adjacent to an activating group) is 1. The molecule has 1 aliphatic rings. The normalized spacial score (nSPS) is 27.0. The number of hydrogen-bond acceptors (Lipinski definition) is 3. The minimum atomic E-state index is 0.696. The lowest BCUT2D eigenvalue weighted by molar-refractivity contribution is 0.0838. The predicted octanol–water partition coefficient (Wildman–Crippen LogP) is 3.06. The predicted molar refractivity (Wildman–Crippen MR) is 93.8 cm³/mol. The zero-order chi connectivity index (χ0) is 15.8. The van der Waals surface area contributed by atoms with E-state index in [-0.39, 0.29) is 0 Å². The molecule has 0 heterocycles. The first-order valence-corrected chi connectivity index (χ1v) is 9.06. The number of hydrogen-bond donors (Lipinski definition) is 1. The number of rotatable bonds is 9. The van der Waals surface area contributed by atoms with Crippen LogP contribution in [0.3, 0.4) is 0 Å². The summed E-state index contributed by atoms with van der Waals surface area (Å²) in [5.41, 5.74) is 0. The second-order valence-corrected chi connectivity index (χ2v) is 7.74. The summed E-state index contributed by atoms with van der Waals surface area (Å²) in [6, 6.07) is 1.42. The van der Waals surface area contributed by atoms with Crippen molar-refractivity contribution in [3.63, 3.8) is 0 Å². The van der Waals surface area contributed by atoms with Gasteiger partial charge in [-0.05, 0) is 58.2 Å². The molecule has 3 heteroatoms. The van der Waals surface area contributed by atoms with Crippen molar-refractivity contribution in [1.29, 1.82) is 0 Å². The van der Waals surface area contributed by atoms with Crippen LogP contribution in [0.25, 0.3) is 0 Å². The standard InChI is InChI=1S/C18H39N3/c1-7-10-19-17-9-8-16(4)13-18(17)21(14-15(2)3)12-11-20(5)6/h15-19H,7-14H2,1-6H3. The summed E-state index contributed by atoms with van der Waals surface area (Å²) >= 11 is 0. The number of nitrogens with zero attached hydrogens (tertiary/aromatic N) is 2. The van der Waals surface area contributed by atoms with E-state index in [0.717, 1.165) is 24.4 Å². The highest BCUT2D eigenvalue weighted by Gasteiger charge is 2.32. The Morgan fingerprint density at radius 1 is 1.14 bits per heavy atom. The molecule has 1 saturated carbocycles. The highest BCUT2D eigenvalue weighted by atomic mass is 15.2. The van der Waals surface area contributed by atoms with Crippen molar-refractivity contribution in [2.45, 2.75) is 65.5 Å². The van der Waals surface area contributed by atoms with Gasteiger partial charge in [-0.15, -0.1) is 0 Å². The molecular formula is C18H39N3. The van der Waals surface area contributed by atoms with Gasteiger partial charge in [0.05, 0.1) is 0 Å². The summed E-state index contributed by atoms with van der Waals surface area (Å²) in [7, 11) is 4.37. The first kappa shape index (κ1) is 18.9. The van der Waals surface area contributed by atoms with Gasteiger partial charge in [-0.25, -0.2) is 0 Å². The quantitative estimate of drug-likeness (QED) is 0.705. The molecule has 21 heavy (non-hydrogen) atoms. The lowest BCUT2D eigenvalue weighted by atomic mass is 9.82. The van der Waals surface area contributed by atoms with E-state index in [4.69, 9.17) is 0 Å². The lowest BCUT2D eigenvalue weighted by Gasteiger charge is -2.43. The Morgan fingerprint density at radius 2 is 1.86 bits per heavy atom. The van der Waals surface area contributed by atoms with Crippen LogP contribution in [0.4, 0.5) is 0 Å². The summed E-state index contributed by atoms with van der Waals surface area (Å²) in [4.78, 5) is 5.09. The smallest absolute Gasteiger partial charge is 0.0252 e. The first-order chi connectivity index (χ1) is 9.93. The average molecular weight is 298 g/mol. The van der Waals surface area contributed by atoms with E-state index in [2.05, 4.69) is 56.9 Å². The van der Waals surface area contributed by atoms with Crippen LogP contribution in [0.5, 0.6) is 0 Å². The van der Waals surface area contributed by atoms with Gasteiger partial charge >= 0.3 is 0 Å². The van der Waals surface area contributed by atoms with Crippen LogP contribution in [0.15, 0.2) is 0 Å². The van der Waals surface area contributed by atoms with Crippen LogP contribution in [0, 0.1) is 11.8 Å². The molecule has 3 unspecified atom stereocenters. The van der Waals surface area contributed by atoms with Gasteiger partial charge in [0, 0.05) is 31.7 Å². The molecule has 0 aromatic heterocycles. The van der Waals surface area contributed by atoms with Gasteiger partial charge in [0.2, 0.25) is 0 Å². The fraction of sp³-hybridized carbons (Fsp3) is 1.00. The molecule has 0 saturated heterocycles. The molecule has 0 radical (unpaired) electrons. The third-order valence-corrected chi connectivity index (χ3v) is 4.64. The van der Waals surface area contributed by atoms with Crippen molar-refractivity contribution in [1.82, 2.24) is 15.1 Å². The van der Waals surface area contributed by atoms with Crippen molar-refractivity contribution >= 4 is 0 Å². The van der Waals surface area contributed by atoms with Crippen LogP contribution >= 0.6 is 0 Å². The Balaban J connectivity index is 2.71. The minimum Gasteiger partial charge on any atom is -0.312 e. The van der Waals surface area contributed by atoms with E-state index in [9.17, 15) is 0 Å². The van der Waals surface area contributed by atoms with Gasteiger partial charge in [0.1, 0.15) is 0 Å². The van der Waals surface area contributed by atoms with Crippen molar-refractivity contribution in [3.05, 3.63) is 0 Å². The molecule has 1 aliphatic carbocycles. The molecule has 126 valence electrons. The average Bonchev–Trinajstić information content (AvgIpc) is 2.41. The van der Waals surface area contributed by atoms with Crippen LogP contribution in [-0.4, -0.2) is 62.2 Å². The minimum absolute atomic E-state index is 0.696. The maximum absolute atomic E-state index is 3.83. The third-order valence-electron chi connectivity index (χ3n) is 4.64. The SMILES string of the molecule is CCCNC1CCC(C)CC1N(CCN(C)C)CC(C)C. The molecule has 1 fully saturated rings. The van der Waals surface area contributed by atoms with Crippen LogP contribution in [0.1, 0.15) is 53.4 Å². The molecule has 0 amide bonds. The number of nitrogens with one attached hydrogen (secondary N) is 1. The van der Waals surface area contributed by atoms with E-state index < -0.39 is 0 Å². The van der Waals surface area contributed by atoms with Crippen LogP contribution in [-0.2, 0) is 0 Å². The van der Waals surface area contributed by atoms with Crippen LogP contribution < -0.4 is 5.32 Å². The van der Waals surface area contributed by atoms with E-state index in [1.807, 2.05) is 0 Å². The van der Waals surface area contributed by atoms with Crippen LogP contribution in [0.2, 0.25) is 0 Å². The van der Waals surface area contributed by atoms with Gasteiger partial charge in [-0.3, -0.25) is 4.90 Å². The fourth-order valence-electron chi connectivity index (χ4n) is 3.51. The zero-order valence-electron chi connectivity index (χ0n) is 15.4. The highest BCUT2D eigenvalue weighted by molar-refractivity contribution is 4.90. The monoisotopic (exact) mass is 297 g/mol. The summed E-state index contributed by atoms with van der Waals surface area (Å²) in [6.07, 6.45) is 5.34. The van der Waals surface area contributed by atoms with E-state index in [0.29, 0.717) is 6.04 Å². The van der Waals surface area contributed by atoms with Gasteiger partial charge in [0.15, 0.2) is 0 Å². The molecular weight excluding hydrogens is 258 g/mol. The first-order valence-electron chi connectivity index (χ1n) is 9.06. The highest BCUT2D eigenvalue weighted by Crippen LogP contribution is 2.28. The molecule has 0 aromatic rings. The Labute approximate surface area is 133 Å². The van der Waals surface area contributed by atoms with E-state index in [1.54, 1.807) is 0 Å². The Kier molecular flexibility index (Phi) is 8.84.